The Bertz CT molecular complexity index is 1720. The minimum absolute atomic E-state index is 0.170. The number of rotatable bonds is 5. The van der Waals surface area contributed by atoms with Crippen molar-refractivity contribution >= 4 is 29.6 Å². The van der Waals surface area contributed by atoms with Crippen LogP contribution in [0.25, 0.3) is 22.7 Å². The smallest absolute Gasteiger partial charge is 0.328 e. The van der Waals surface area contributed by atoms with E-state index in [1.807, 2.05) is 0 Å². The monoisotopic (exact) mass is 549 g/mol. The van der Waals surface area contributed by atoms with Gasteiger partial charge in [0.2, 0.25) is 17.3 Å². The highest BCUT2D eigenvalue weighted by Crippen LogP contribution is 2.35. The largest absolute Gasteiger partial charge is 0.444 e. The Morgan fingerprint density at radius 1 is 0.951 bits per heavy atom. The van der Waals surface area contributed by atoms with E-state index in [0.29, 0.717) is 28.5 Å². The van der Waals surface area contributed by atoms with Crippen molar-refractivity contribution in [2.45, 2.75) is 5.54 Å². The first-order chi connectivity index (χ1) is 19.8. The minimum Gasteiger partial charge on any atom is -0.444 e. The van der Waals surface area contributed by atoms with Crippen molar-refractivity contribution < 1.29 is 28.3 Å². The molecule has 13 heteroatoms. The van der Waals surface area contributed by atoms with Gasteiger partial charge in [0.1, 0.15) is 17.7 Å². The summed E-state index contributed by atoms with van der Waals surface area (Å²) in [7, 11) is 1.45. The molecule has 2 aliphatic rings. The van der Waals surface area contributed by atoms with E-state index in [2.05, 4.69) is 26.7 Å². The van der Waals surface area contributed by atoms with Crippen LogP contribution in [0.5, 0.6) is 11.6 Å². The van der Waals surface area contributed by atoms with Gasteiger partial charge in [-0.15, -0.1) is 0 Å². The van der Waals surface area contributed by atoms with Gasteiger partial charge >= 0.3 is 12.1 Å². The van der Waals surface area contributed by atoms with Crippen molar-refractivity contribution in [2.75, 3.05) is 18.5 Å². The highest BCUT2D eigenvalue weighted by Gasteiger charge is 2.62. The minimum atomic E-state index is -1.96. The molecule has 6 amide bonds. The first-order valence-corrected chi connectivity index (χ1v) is 12.2. The number of nitriles is 1. The summed E-state index contributed by atoms with van der Waals surface area (Å²) in [6.07, 6.45) is 2.84. The lowest BCUT2D eigenvalue weighted by Gasteiger charge is -2.35. The van der Waals surface area contributed by atoms with Crippen LogP contribution in [-0.2, 0) is 9.59 Å². The number of benzene rings is 2. The lowest BCUT2D eigenvalue weighted by molar-refractivity contribution is -0.137. The Morgan fingerprint density at radius 2 is 1.63 bits per heavy atom. The fraction of sp³-hybridized carbons (Fsp3) is 0.107. The van der Waals surface area contributed by atoms with Crippen LogP contribution in [-0.4, -0.2) is 57.9 Å². The number of imide groups is 2. The van der Waals surface area contributed by atoms with Crippen molar-refractivity contribution in [1.82, 2.24) is 25.5 Å². The summed E-state index contributed by atoms with van der Waals surface area (Å²) in [5.41, 5.74) is 0.932. The van der Waals surface area contributed by atoms with Crippen LogP contribution in [0.15, 0.2) is 77.5 Å². The molecular weight excluding hydrogens is 530 g/mol. The molecule has 4 heterocycles. The lowest BCUT2D eigenvalue weighted by atomic mass is 9.94. The molecule has 13 nitrogen and oxygen atoms in total. The average Bonchev–Trinajstić information content (AvgIpc) is 3.57. The second-order valence-electron chi connectivity index (χ2n) is 9.28. The molecule has 0 saturated carbocycles. The van der Waals surface area contributed by atoms with Gasteiger partial charge in [-0.2, -0.15) is 5.26 Å². The van der Waals surface area contributed by atoms with Crippen molar-refractivity contribution in [3.05, 3.63) is 78.7 Å². The predicted molar refractivity (Wildman–Crippen MR) is 141 cm³/mol. The number of urea groups is 2. The zero-order valence-electron chi connectivity index (χ0n) is 21.3. The number of aromatic nitrogens is 2. The van der Waals surface area contributed by atoms with Gasteiger partial charge < -0.3 is 14.1 Å². The average molecular weight is 550 g/mol. The van der Waals surface area contributed by atoms with Gasteiger partial charge in [-0.05, 0) is 42.5 Å². The number of carbonyl (C=O) groups is 4. The third kappa shape index (κ3) is 4.29. The highest BCUT2D eigenvalue weighted by molar-refractivity contribution is 6.28. The number of oxazole rings is 1. The molecular formula is C28H19N7O6. The van der Waals surface area contributed by atoms with E-state index in [4.69, 9.17) is 14.4 Å². The predicted octanol–water partition coefficient (Wildman–Crippen LogP) is 3.04. The molecule has 0 unspecified atom stereocenters. The van der Waals surface area contributed by atoms with Crippen LogP contribution in [0, 0.1) is 11.3 Å². The molecule has 2 N–H and O–H groups in total. The number of nitrogens with one attached hydrogen (secondary N) is 2. The maximum Gasteiger partial charge on any atom is 0.328 e. The Kier molecular flexibility index (Phi) is 5.92. The number of likely N-dealkylation sites (N-methyl/N-ethyl adjacent to an activating group) is 1. The van der Waals surface area contributed by atoms with Crippen LogP contribution in [0.2, 0.25) is 0 Å². The second kappa shape index (κ2) is 9.62. The molecule has 41 heavy (non-hydrogen) atoms. The number of hydrogen-bond acceptors (Lipinski definition) is 9. The number of nitrogens with zero attached hydrogens (tertiary/aromatic N) is 5. The summed E-state index contributed by atoms with van der Waals surface area (Å²) in [6.45, 7) is -0.249. The molecule has 0 radical (unpaired) electrons. The van der Waals surface area contributed by atoms with Crippen molar-refractivity contribution in [3.63, 3.8) is 0 Å². The van der Waals surface area contributed by atoms with Gasteiger partial charge in [0.15, 0.2) is 0 Å². The number of ether oxygens (including phenoxy) is 1. The summed E-state index contributed by atoms with van der Waals surface area (Å²) in [5.74, 6) is -0.739. The normalized spacial score (nSPS) is 16.0. The zero-order chi connectivity index (χ0) is 28.7. The van der Waals surface area contributed by atoms with Crippen LogP contribution in [0.4, 0.5) is 15.3 Å². The summed E-state index contributed by atoms with van der Waals surface area (Å²) in [5, 5.41) is 13.1. The first kappa shape index (κ1) is 25.3. The summed E-state index contributed by atoms with van der Waals surface area (Å²) >= 11 is 0. The third-order valence-corrected chi connectivity index (χ3v) is 6.69. The summed E-state index contributed by atoms with van der Waals surface area (Å²) in [6, 6.07) is 17.5. The fourth-order valence-corrected chi connectivity index (χ4v) is 4.65. The molecule has 0 bridgehead atoms. The molecule has 2 fully saturated rings. The number of amides is 6. The topological polar surface area (TPSA) is 171 Å². The number of anilines is 1. The molecule has 1 spiro atoms. The summed E-state index contributed by atoms with van der Waals surface area (Å²) < 4.78 is 11.4. The van der Waals surface area contributed by atoms with E-state index in [0.717, 1.165) is 10.5 Å². The van der Waals surface area contributed by atoms with Gasteiger partial charge in [0, 0.05) is 24.2 Å². The highest BCUT2D eigenvalue weighted by atomic mass is 16.5. The molecule has 4 aromatic rings. The summed E-state index contributed by atoms with van der Waals surface area (Å²) in [4.78, 5) is 61.0. The fourth-order valence-electron chi connectivity index (χ4n) is 4.65. The molecule has 2 aromatic carbocycles. The van der Waals surface area contributed by atoms with E-state index in [1.54, 1.807) is 48.5 Å². The third-order valence-electron chi connectivity index (χ3n) is 6.69. The van der Waals surface area contributed by atoms with Crippen molar-refractivity contribution in [2.24, 2.45) is 0 Å². The van der Waals surface area contributed by atoms with Crippen LogP contribution < -0.4 is 20.3 Å². The Balaban J connectivity index is 1.18. The molecule has 2 aromatic heterocycles. The van der Waals surface area contributed by atoms with E-state index in [9.17, 15) is 19.2 Å². The van der Waals surface area contributed by atoms with Gasteiger partial charge in [-0.1, -0.05) is 12.1 Å². The number of pyridine rings is 1. The van der Waals surface area contributed by atoms with Crippen molar-refractivity contribution in [1.29, 1.82) is 5.26 Å². The van der Waals surface area contributed by atoms with Gasteiger partial charge in [-0.3, -0.25) is 25.1 Å². The molecule has 2 saturated heterocycles. The molecule has 0 aliphatic carbocycles. The quantitative estimate of drug-likeness (QED) is 0.355. The van der Waals surface area contributed by atoms with Crippen LogP contribution >= 0.6 is 0 Å². The number of hydrogen-bond donors (Lipinski definition) is 2. The first-order valence-electron chi connectivity index (χ1n) is 12.2. The Morgan fingerprint density at radius 3 is 2.27 bits per heavy atom. The van der Waals surface area contributed by atoms with Gasteiger partial charge in [0.25, 0.3) is 11.8 Å². The number of carbonyl (C=O) groups excluding carboxylic acids is 4. The molecule has 6 rings (SSSR count). The SMILES string of the molecule is CN1CC2(C(=O)NC(=O)NC2=O)N(c2ccc(Oc3ccc(-c4nc(-c5ccc(C#N)cc5)co4)cc3)nc2)C1=O. The van der Waals surface area contributed by atoms with E-state index < -0.39 is 29.4 Å². The number of barbiturate groups is 1. The van der Waals surface area contributed by atoms with Gasteiger partial charge in [-0.25, -0.2) is 19.6 Å². The standard InChI is InChI=1S/C28H19N7O6/c1-34-15-28(24(36)32-26(38)33-25(28)37)35(27(34)39)19-8-11-22(30-13-19)41-20-9-6-18(7-10-20)23-31-21(14-40-23)17-4-2-16(12-29)3-5-17/h2-11,13-14H,15H2,1H3,(H2,32,33,36,37,38). The van der Waals surface area contributed by atoms with E-state index in [1.165, 1.54) is 36.5 Å². The van der Waals surface area contributed by atoms with Gasteiger partial charge in [0.05, 0.1) is 30.1 Å². The maximum atomic E-state index is 12.9. The maximum absolute atomic E-state index is 12.9. The van der Waals surface area contributed by atoms with Crippen LogP contribution in [0.1, 0.15) is 5.56 Å². The second-order valence-corrected chi connectivity index (χ2v) is 9.28. The molecule has 0 atom stereocenters. The van der Waals surface area contributed by atoms with Crippen molar-refractivity contribution in [3.8, 4) is 40.4 Å². The lowest BCUT2D eigenvalue weighted by Crippen LogP contribution is -2.73. The Hall–Kier alpha value is -6.03. The zero-order valence-corrected chi connectivity index (χ0v) is 21.3. The Labute approximate surface area is 232 Å². The van der Waals surface area contributed by atoms with E-state index >= 15 is 0 Å². The van der Waals surface area contributed by atoms with Crippen LogP contribution in [0.3, 0.4) is 0 Å². The van der Waals surface area contributed by atoms with E-state index in [-0.39, 0.29) is 18.1 Å². The molecule has 202 valence electrons. The molecule has 2 aliphatic heterocycles.